The predicted molar refractivity (Wildman–Crippen MR) is 75.6 cm³/mol. The molecule has 96 valence electrons. The molecule has 0 spiro atoms. The summed E-state index contributed by atoms with van der Waals surface area (Å²) in [7, 11) is 0. The standard InChI is InChI=1S/C15H24ClN/c1-4-6-14(7-5-2)15(16)12(3)13-8-10-17-11-9-13/h8-12,14-15H,4-7H2,1-3H3. The summed E-state index contributed by atoms with van der Waals surface area (Å²) in [6, 6.07) is 4.16. The highest BCUT2D eigenvalue weighted by Gasteiger charge is 2.24. The van der Waals surface area contributed by atoms with E-state index in [1.807, 2.05) is 12.4 Å². The van der Waals surface area contributed by atoms with Gasteiger partial charge in [0, 0.05) is 17.8 Å². The van der Waals surface area contributed by atoms with Gasteiger partial charge in [0.05, 0.1) is 0 Å². The lowest BCUT2D eigenvalue weighted by Crippen LogP contribution is -2.21. The van der Waals surface area contributed by atoms with Crippen LogP contribution in [-0.2, 0) is 0 Å². The Hall–Kier alpha value is -0.560. The van der Waals surface area contributed by atoms with Gasteiger partial charge in [0.2, 0.25) is 0 Å². The van der Waals surface area contributed by atoms with Crippen molar-refractivity contribution in [2.45, 2.75) is 57.7 Å². The number of halogens is 1. The number of nitrogens with zero attached hydrogens (tertiary/aromatic N) is 1. The largest absolute Gasteiger partial charge is 0.265 e. The van der Waals surface area contributed by atoms with Gasteiger partial charge in [0.1, 0.15) is 0 Å². The highest BCUT2D eigenvalue weighted by molar-refractivity contribution is 6.21. The second-order valence-corrected chi connectivity index (χ2v) is 5.36. The summed E-state index contributed by atoms with van der Waals surface area (Å²) in [5.74, 6) is 1.04. The molecule has 0 radical (unpaired) electrons. The molecule has 0 aromatic carbocycles. The van der Waals surface area contributed by atoms with E-state index in [1.165, 1.54) is 31.2 Å². The van der Waals surface area contributed by atoms with E-state index in [4.69, 9.17) is 11.6 Å². The van der Waals surface area contributed by atoms with Crippen LogP contribution >= 0.6 is 11.6 Å². The molecule has 1 aromatic heterocycles. The molecule has 2 heteroatoms. The molecular weight excluding hydrogens is 230 g/mol. The highest BCUT2D eigenvalue weighted by atomic mass is 35.5. The minimum atomic E-state index is 0.234. The van der Waals surface area contributed by atoms with Crippen LogP contribution in [0.1, 0.15) is 57.9 Å². The molecule has 17 heavy (non-hydrogen) atoms. The molecule has 1 nitrogen and oxygen atoms in total. The van der Waals surface area contributed by atoms with Crippen molar-refractivity contribution in [2.24, 2.45) is 5.92 Å². The third-order valence-corrected chi connectivity index (χ3v) is 4.21. The molecule has 2 atom stereocenters. The van der Waals surface area contributed by atoms with Crippen LogP contribution in [0.25, 0.3) is 0 Å². The molecule has 1 heterocycles. The smallest absolute Gasteiger partial charge is 0.0430 e. The van der Waals surface area contributed by atoms with E-state index in [-0.39, 0.29) is 5.38 Å². The Balaban J connectivity index is 2.69. The summed E-state index contributed by atoms with van der Waals surface area (Å²) < 4.78 is 0. The fourth-order valence-corrected chi connectivity index (χ4v) is 2.86. The first-order valence-corrected chi connectivity index (χ1v) is 7.18. The molecule has 0 amide bonds. The molecule has 1 aromatic rings. The third kappa shape index (κ3) is 4.31. The van der Waals surface area contributed by atoms with Gasteiger partial charge in [-0.1, -0.05) is 33.6 Å². The number of rotatable bonds is 7. The van der Waals surface area contributed by atoms with Crippen molar-refractivity contribution < 1.29 is 0 Å². The summed E-state index contributed by atoms with van der Waals surface area (Å²) >= 11 is 6.67. The van der Waals surface area contributed by atoms with Gasteiger partial charge in [-0.25, -0.2) is 0 Å². The van der Waals surface area contributed by atoms with Crippen LogP contribution in [-0.4, -0.2) is 10.4 Å². The Morgan fingerprint density at radius 3 is 2.12 bits per heavy atom. The molecular formula is C15H24ClN. The van der Waals surface area contributed by atoms with Gasteiger partial charge >= 0.3 is 0 Å². The normalized spacial score (nSPS) is 14.9. The van der Waals surface area contributed by atoms with Gasteiger partial charge in [0.15, 0.2) is 0 Å². The molecule has 0 fully saturated rings. The van der Waals surface area contributed by atoms with Gasteiger partial charge in [-0.15, -0.1) is 11.6 Å². The van der Waals surface area contributed by atoms with Crippen molar-refractivity contribution in [2.75, 3.05) is 0 Å². The van der Waals surface area contributed by atoms with Gasteiger partial charge < -0.3 is 0 Å². The molecule has 0 bridgehead atoms. The SMILES string of the molecule is CCCC(CCC)C(Cl)C(C)c1ccncc1. The fourth-order valence-electron chi connectivity index (χ4n) is 2.46. The number of alkyl halides is 1. The highest BCUT2D eigenvalue weighted by Crippen LogP contribution is 2.33. The summed E-state index contributed by atoms with van der Waals surface area (Å²) in [5.41, 5.74) is 1.30. The van der Waals surface area contributed by atoms with E-state index in [0.717, 1.165) is 0 Å². The fraction of sp³-hybridized carbons (Fsp3) is 0.667. The van der Waals surface area contributed by atoms with Crippen molar-refractivity contribution in [3.63, 3.8) is 0 Å². The average Bonchev–Trinajstić information content (AvgIpc) is 2.38. The quantitative estimate of drug-likeness (QED) is 0.623. The molecule has 0 saturated heterocycles. The van der Waals surface area contributed by atoms with Crippen LogP contribution in [0.2, 0.25) is 0 Å². The van der Waals surface area contributed by atoms with E-state index >= 15 is 0 Å². The Bertz CT molecular complexity index is 293. The summed E-state index contributed by atoms with van der Waals surface area (Å²) in [5, 5.41) is 0.234. The Morgan fingerprint density at radius 2 is 1.65 bits per heavy atom. The minimum Gasteiger partial charge on any atom is -0.265 e. The van der Waals surface area contributed by atoms with Crippen molar-refractivity contribution in [1.29, 1.82) is 0 Å². The molecule has 0 N–H and O–H groups in total. The number of hydrogen-bond acceptors (Lipinski definition) is 1. The Kier molecular flexibility index (Phi) is 6.57. The lowest BCUT2D eigenvalue weighted by Gasteiger charge is -2.27. The van der Waals surface area contributed by atoms with Crippen molar-refractivity contribution in [3.05, 3.63) is 30.1 Å². The van der Waals surface area contributed by atoms with Gasteiger partial charge in [0.25, 0.3) is 0 Å². The van der Waals surface area contributed by atoms with E-state index in [0.29, 0.717) is 11.8 Å². The first-order valence-electron chi connectivity index (χ1n) is 6.74. The van der Waals surface area contributed by atoms with Gasteiger partial charge in [-0.05, 0) is 42.4 Å². The zero-order valence-electron chi connectivity index (χ0n) is 11.2. The topological polar surface area (TPSA) is 12.9 Å². The summed E-state index contributed by atoms with van der Waals surface area (Å²) in [6.07, 6.45) is 8.61. The van der Waals surface area contributed by atoms with Crippen molar-refractivity contribution >= 4 is 11.6 Å². The van der Waals surface area contributed by atoms with E-state index in [2.05, 4.69) is 37.9 Å². The van der Waals surface area contributed by atoms with Gasteiger partial charge in [-0.3, -0.25) is 4.98 Å². The zero-order valence-corrected chi connectivity index (χ0v) is 12.0. The first-order chi connectivity index (χ1) is 8.20. The Morgan fingerprint density at radius 1 is 1.12 bits per heavy atom. The molecule has 1 rings (SSSR count). The van der Waals surface area contributed by atoms with Crippen molar-refractivity contribution in [1.82, 2.24) is 4.98 Å². The van der Waals surface area contributed by atoms with Crippen LogP contribution in [0.4, 0.5) is 0 Å². The predicted octanol–water partition coefficient (Wildman–Crippen LogP) is 5.01. The van der Waals surface area contributed by atoms with Crippen LogP contribution in [0.3, 0.4) is 0 Å². The zero-order chi connectivity index (χ0) is 12.7. The third-order valence-electron chi connectivity index (χ3n) is 3.48. The second kappa shape index (κ2) is 7.71. The molecule has 0 aliphatic rings. The number of pyridine rings is 1. The van der Waals surface area contributed by atoms with Crippen molar-refractivity contribution in [3.8, 4) is 0 Å². The maximum atomic E-state index is 6.67. The van der Waals surface area contributed by atoms with Gasteiger partial charge in [-0.2, -0.15) is 0 Å². The second-order valence-electron chi connectivity index (χ2n) is 4.85. The van der Waals surface area contributed by atoms with E-state index in [9.17, 15) is 0 Å². The maximum absolute atomic E-state index is 6.67. The maximum Gasteiger partial charge on any atom is 0.0430 e. The molecule has 0 aliphatic heterocycles. The van der Waals surface area contributed by atoms with Crippen LogP contribution in [0.5, 0.6) is 0 Å². The monoisotopic (exact) mass is 253 g/mol. The van der Waals surface area contributed by atoms with Crippen LogP contribution in [0, 0.1) is 5.92 Å². The number of aromatic nitrogens is 1. The lowest BCUT2D eigenvalue weighted by atomic mass is 9.85. The minimum absolute atomic E-state index is 0.234. The summed E-state index contributed by atoms with van der Waals surface area (Å²) in [4.78, 5) is 4.06. The van der Waals surface area contributed by atoms with E-state index < -0.39 is 0 Å². The molecule has 0 aliphatic carbocycles. The number of hydrogen-bond donors (Lipinski definition) is 0. The molecule has 0 saturated carbocycles. The summed E-state index contributed by atoms with van der Waals surface area (Å²) in [6.45, 7) is 6.71. The molecule has 2 unspecified atom stereocenters. The Labute approximate surface area is 111 Å². The lowest BCUT2D eigenvalue weighted by molar-refractivity contribution is 0.392. The van der Waals surface area contributed by atoms with Crippen LogP contribution < -0.4 is 0 Å². The van der Waals surface area contributed by atoms with E-state index in [1.54, 1.807) is 0 Å². The first kappa shape index (κ1) is 14.5. The van der Waals surface area contributed by atoms with Crippen LogP contribution in [0.15, 0.2) is 24.5 Å². The average molecular weight is 254 g/mol.